The highest BCUT2D eigenvalue weighted by atomic mass is 32.1. The fourth-order valence-corrected chi connectivity index (χ4v) is 4.78. The maximum atomic E-state index is 10.1. The van der Waals surface area contributed by atoms with Crippen LogP contribution in [0, 0.1) is 17.2 Å². The van der Waals surface area contributed by atoms with E-state index in [1.54, 1.807) is 11.3 Å². The first-order chi connectivity index (χ1) is 13.1. The lowest BCUT2D eigenvalue weighted by Crippen LogP contribution is -1.97. The molecule has 27 heavy (non-hydrogen) atoms. The zero-order valence-corrected chi connectivity index (χ0v) is 16.4. The second-order valence-electron chi connectivity index (χ2n) is 7.54. The topological polar surface area (TPSA) is 56.9 Å². The molecule has 1 heterocycles. The van der Waals surface area contributed by atoms with Crippen molar-refractivity contribution >= 4 is 11.3 Å². The van der Waals surface area contributed by atoms with Crippen molar-refractivity contribution in [2.45, 2.75) is 39.2 Å². The number of thiazole rings is 1. The minimum absolute atomic E-state index is 0.355. The number of nitriles is 1. The second-order valence-corrected chi connectivity index (χ2v) is 8.57. The molecule has 0 aliphatic heterocycles. The Hall–Kier alpha value is -2.48. The number of aromatic nitrogens is 1. The molecule has 3 aromatic rings. The van der Waals surface area contributed by atoms with Crippen LogP contribution in [-0.2, 0) is 12.8 Å². The molecule has 0 amide bonds. The van der Waals surface area contributed by atoms with Crippen molar-refractivity contribution in [3.05, 3.63) is 64.8 Å². The first kappa shape index (κ1) is 17.9. The molecular weight excluding hydrogens is 352 g/mol. The SMILES string of the molecule is CC(C)Cc1ccc(-c2cnc(-c3cccc4c3CCC4O)s2)cc1C#N. The summed E-state index contributed by atoms with van der Waals surface area (Å²) in [4.78, 5) is 5.71. The van der Waals surface area contributed by atoms with Crippen LogP contribution in [0.4, 0.5) is 0 Å². The Morgan fingerprint density at radius 3 is 2.93 bits per heavy atom. The first-order valence-corrected chi connectivity index (χ1v) is 10.2. The van der Waals surface area contributed by atoms with Crippen molar-refractivity contribution in [3.63, 3.8) is 0 Å². The van der Waals surface area contributed by atoms with Crippen LogP contribution in [0.25, 0.3) is 21.0 Å². The Balaban J connectivity index is 1.69. The van der Waals surface area contributed by atoms with Crippen LogP contribution < -0.4 is 0 Å². The van der Waals surface area contributed by atoms with Gasteiger partial charge in [-0.2, -0.15) is 5.26 Å². The highest BCUT2D eigenvalue weighted by molar-refractivity contribution is 7.18. The van der Waals surface area contributed by atoms with Gasteiger partial charge in [0.2, 0.25) is 0 Å². The summed E-state index contributed by atoms with van der Waals surface area (Å²) in [6.07, 6.45) is 4.13. The van der Waals surface area contributed by atoms with E-state index in [1.807, 2.05) is 24.4 Å². The van der Waals surface area contributed by atoms with Crippen molar-refractivity contribution in [1.82, 2.24) is 4.98 Å². The van der Waals surface area contributed by atoms with Crippen molar-refractivity contribution < 1.29 is 5.11 Å². The summed E-state index contributed by atoms with van der Waals surface area (Å²) < 4.78 is 0. The molecule has 2 aromatic carbocycles. The van der Waals surface area contributed by atoms with E-state index in [4.69, 9.17) is 0 Å². The summed E-state index contributed by atoms with van der Waals surface area (Å²) in [5, 5.41) is 20.6. The lowest BCUT2D eigenvalue weighted by atomic mass is 9.96. The fraction of sp³-hybridized carbons (Fsp3) is 0.304. The molecule has 0 spiro atoms. The number of nitrogens with zero attached hydrogens (tertiary/aromatic N) is 2. The molecule has 0 saturated carbocycles. The van der Waals surface area contributed by atoms with Gasteiger partial charge in [0.05, 0.1) is 22.6 Å². The Morgan fingerprint density at radius 1 is 1.30 bits per heavy atom. The van der Waals surface area contributed by atoms with E-state index >= 15 is 0 Å². The van der Waals surface area contributed by atoms with Gasteiger partial charge in [0.1, 0.15) is 5.01 Å². The van der Waals surface area contributed by atoms with E-state index in [-0.39, 0.29) is 6.10 Å². The number of benzene rings is 2. The third-order valence-corrected chi connectivity index (χ3v) is 6.20. The van der Waals surface area contributed by atoms with Gasteiger partial charge >= 0.3 is 0 Å². The van der Waals surface area contributed by atoms with Crippen molar-refractivity contribution in [2.75, 3.05) is 0 Å². The Bertz CT molecular complexity index is 1030. The van der Waals surface area contributed by atoms with E-state index < -0.39 is 0 Å². The number of aliphatic hydroxyl groups excluding tert-OH is 1. The summed E-state index contributed by atoms with van der Waals surface area (Å²) >= 11 is 1.64. The van der Waals surface area contributed by atoms with Gasteiger partial charge in [-0.25, -0.2) is 4.98 Å². The summed E-state index contributed by atoms with van der Waals surface area (Å²) in [6, 6.07) is 14.6. The highest BCUT2D eigenvalue weighted by Crippen LogP contribution is 2.40. The van der Waals surface area contributed by atoms with Gasteiger partial charge in [0, 0.05) is 11.8 Å². The maximum Gasteiger partial charge on any atom is 0.124 e. The summed E-state index contributed by atoms with van der Waals surface area (Å²) in [5.74, 6) is 0.522. The standard InChI is InChI=1S/C23H22N2OS/c1-14(2)10-15-6-7-16(11-17(15)12-24)22-13-25-23(27-22)20-5-3-4-19-18(20)8-9-21(19)26/h3-7,11,13-14,21,26H,8-10H2,1-2H3. The van der Waals surface area contributed by atoms with E-state index in [0.29, 0.717) is 5.92 Å². The Kier molecular flexibility index (Phi) is 4.82. The van der Waals surface area contributed by atoms with Gasteiger partial charge in [-0.1, -0.05) is 44.2 Å². The van der Waals surface area contributed by atoms with Crippen LogP contribution in [0.2, 0.25) is 0 Å². The normalized spacial score (nSPS) is 15.7. The summed E-state index contributed by atoms with van der Waals surface area (Å²) in [6.45, 7) is 4.33. The minimum atomic E-state index is -0.355. The molecule has 1 atom stereocenters. The monoisotopic (exact) mass is 374 g/mol. The molecule has 136 valence electrons. The van der Waals surface area contributed by atoms with Crippen LogP contribution in [0.5, 0.6) is 0 Å². The van der Waals surface area contributed by atoms with Crippen LogP contribution in [0.1, 0.15) is 48.6 Å². The molecule has 0 bridgehead atoms. The minimum Gasteiger partial charge on any atom is -0.388 e. The van der Waals surface area contributed by atoms with Crippen molar-refractivity contribution in [2.24, 2.45) is 5.92 Å². The summed E-state index contributed by atoms with van der Waals surface area (Å²) in [7, 11) is 0. The number of hydrogen-bond acceptors (Lipinski definition) is 4. The Labute approximate surface area is 164 Å². The lowest BCUT2D eigenvalue weighted by Gasteiger charge is -2.08. The number of fused-ring (bicyclic) bond motifs is 1. The van der Waals surface area contributed by atoms with Crippen LogP contribution in [0.3, 0.4) is 0 Å². The third-order valence-electron chi connectivity index (χ3n) is 5.12. The van der Waals surface area contributed by atoms with Gasteiger partial charge < -0.3 is 5.11 Å². The van der Waals surface area contributed by atoms with Gasteiger partial charge in [0.15, 0.2) is 0 Å². The van der Waals surface area contributed by atoms with E-state index in [9.17, 15) is 10.4 Å². The molecule has 3 nitrogen and oxygen atoms in total. The molecule has 1 unspecified atom stereocenters. The molecule has 1 aliphatic rings. The van der Waals surface area contributed by atoms with Crippen molar-refractivity contribution in [1.29, 1.82) is 5.26 Å². The van der Waals surface area contributed by atoms with Gasteiger partial charge in [0.25, 0.3) is 0 Å². The zero-order valence-electron chi connectivity index (χ0n) is 15.6. The largest absolute Gasteiger partial charge is 0.388 e. The lowest BCUT2D eigenvalue weighted by molar-refractivity contribution is 0.180. The average Bonchev–Trinajstić information content (AvgIpc) is 3.29. The molecule has 1 aliphatic carbocycles. The molecule has 0 radical (unpaired) electrons. The van der Waals surface area contributed by atoms with E-state index in [1.165, 1.54) is 5.56 Å². The number of hydrogen-bond donors (Lipinski definition) is 1. The first-order valence-electron chi connectivity index (χ1n) is 9.36. The highest BCUT2D eigenvalue weighted by Gasteiger charge is 2.24. The molecule has 4 heteroatoms. The van der Waals surface area contributed by atoms with E-state index in [2.05, 4.69) is 43.1 Å². The van der Waals surface area contributed by atoms with Crippen LogP contribution >= 0.6 is 11.3 Å². The Morgan fingerprint density at radius 2 is 2.15 bits per heavy atom. The summed E-state index contributed by atoms with van der Waals surface area (Å²) in [5.41, 5.74) is 6.27. The molecule has 4 rings (SSSR count). The fourth-order valence-electron chi connectivity index (χ4n) is 3.82. The van der Waals surface area contributed by atoms with Gasteiger partial charge in [-0.3, -0.25) is 0 Å². The maximum absolute atomic E-state index is 10.1. The second kappa shape index (κ2) is 7.26. The van der Waals surface area contributed by atoms with Crippen molar-refractivity contribution in [3.8, 4) is 27.1 Å². The quantitative estimate of drug-likeness (QED) is 0.653. The number of rotatable bonds is 4. The van der Waals surface area contributed by atoms with Gasteiger partial charge in [-0.15, -0.1) is 11.3 Å². The van der Waals surface area contributed by atoms with Crippen LogP contribution in [-0.4, -0.2) is 10.1 Å². The molecular formula is C23H22N2OS. The smallest absolute Gasteiger partial charge is 0.124 e. The molecule has 1 N–H and O–H groups in total. The third kappa shape index (κ3) is 3.41. The number of aliphatic hydroxyl groups is 1. The predicted molar refractivity (Wildman–Crippen MR) is 110 cm³/mol. The zero-order chi connectivity index (χ0) is 19.0. The van der Waals surface area contributed by atoms with Crippen LogP contribution in [0.15, 0.2) is 42.6 Å². The average molecular weight is 375 g/mol. The molecule has 1 aromatic heterocycles. The van der Waals surface area contributed by atoms with E-state index in [0.717, 1.165) is 57.0 Å². The van der Waals surface area contributed by atoms with Gasteiger partial charge in [-0.05, 0) is 53.5 Å². The molecule has 0 saturated heterocycles. The molecule has 0 fully saturated rings. The predicted octanol–water partition coefficient (Wildman–Crippen LogP) is 5.53.